The van der Waals surface area contributed by atoms with Gasteiger partial charge in [0.1, 0.15) is 12.4 Å². The number of rotatable bonds is 6. The lowest BCUT2D eigenvalue weighted by atomic mass is 10.2. The quantitative estimate of drug-likeness (QED) is 0.313. The summed E-state index contributed by atoms with van der Waals surface area (Å²) in [6.45, 7) is 5.92. The summed E-state index contributed by atoms with van der Waals surface area (Å²) in [6, 6.07) is 11.1. The second-order valence-electron chi connectivity index (χ2n) is 7.40. The molecule has 164 valence electrons. The number of fused-ring (bicyclic) bond motifs is 1. The van der Waals surface area contributed by atoms with E-state index in [0.717, 1.165) is 11.4 Å². The van der Waals surface area contributed by atoms with E-state index in [4.69, 9.17) is 18.4 Å². The highest BCUT2D eigenvalue weighted by atomic mass is 32.2. The van der Waals surface area contributed by atoms with Gasteiger partial charge in [-0.2, -0.15) is 0 Å². The van der Waals surface area contributed by atoms with Gasteiger partial charge in [-0.3, -0.25) is 9.36 Å². The standard InChI is InChI=1S/C22H20N4O5S/c1-12-8-15(14(3)26(12)20-9-13(2)31-25-20)16(27)11-32-22-24-23-21(30-22)19-10-28-17-6-4-5-7-18(17)29-19/h4-9,19H,10-11H2,1-3H3/t19-/m0/s1. The van der Waals surface area contributed by atoms with Gasteiger partial charge in [0.15, 0.2) is 23.1 Å². The molecule has 0 bridgehead atoms. The Hall–Kier alpha value is -3.53. The molecule has 4 heterocycles. The van der Waals surface area contributed by atoms with E-state index in [2.05, 4.69) is 15.4 Å². The minimum absolute atomic E-state index is 0.0412. The lowest BCUT2D eigenvalue weighted by molar-refractivity contribution is 0.0686. The molecule has 0 unspecified atom stereocenters. The predicted molar refractivity (Wildman–Crippen MR) is 115 cm³/mol. The first-order chi connectivity index (χ1) is 15.5. The van der Waals surface area contributed by atoms with Crippen molar-refractivity contribution in [2.24, 2.45) is 0 Å². The van der Waals surface area contributed by atoms with Crippen molar-refractivity contribution in [3.63, 3.8) is 0 Å². The van der Waals surface area contributed by atoms with Gasteiger partial charge in [0.25, 0.3) is 11.1 Å². The lowest BCUT2D eigenvalue weighted by Crippen LogP contribution is -2.21. The number of Topliss-reactive ketones (excluding diaryl/α,β-unsaturated/α-hetero) is 1. The number of nitrogens with zero attached hydrogens (tertiary/aromatic N) is 4. The topological polar surface area (TPSA) is 105 Å². The molecule has 1 aliphatic heterocycles. The van der Waals surface area contributed by atoms with Crippen LogP contribution in [-0.4, -0.2) is 38.1 Å². The molecule has 1 atom stereocenters. The maximum atomic E-state index is 12.9. The molecule has 9 nitrogen and oxygen atoms in total. The first-order valence-electron chi connectivity index (χ1n) is 10.00. The Morgan fingerprint density at radius 1 is 1.16 bits per heavy atom. The third-order valence-corrected chi connectivity index (χ3v) is 5.93. The van der Waals surface area contributed by atoms with Gasteiger partial charge in [-0.1, -0.05) is 29.1 Å². The third kappa shape index (κ3) is 3.77. The molecule has 0 saturated heterocycles. The van der Waals surface area contributed by atoms with Crippen molar-refractivity contribution < 1.29 is 23.2 Å². The van der Waals surface area contributed by atoms with Gasteiger partial charge in [-0.05, 0) is 39.0 Å². The van der Waals surface area contributed by atoms with Gasteiger partial charge >= 0.3 is 0 Å². The Morgan fingerprint density at radius 3 is 2.75 bits per heavy atom. The molecule has 0 N–H and O–H groups in total. The number of carbonyl (C=O) groups is 1. The fraction of sp³-hybridized carbons (Fsp3) is 0.273. The first-order valence-corrected chi connectivity index (χ1v) is 11.0. The van der Waals surface area contributed by atoms with Crippen LogP contribution in [0.5, 0.6) is 11.5 Å². The van der Waals surface area contributed by atoms with Gasteiger partial charge < -0.3 is 18.4 Å². The molecule has 0 aliphatic carbocycles. The number of aryl methyl sites for hydroxylation is 2. The summed E-state index contributed by atoms with van der Waals surface area (Å²) in [7, 11) is 0. The number of aromatic nitrogens is 4. The molecule has 0 saturated carbocycles. The number of ether oxygens (including phenoxy) is 2. The van der Waals surface area contributed by atoms with Crippen LogP contribution in [-0.2, 0) is 0 Å². The second kappa shape index (κ2) is 8.19. The lowest BCUT2D eigenvalue weighted by Gasteiger charge is -2.23. The Balaban J connectivity index is 1.25. The number of ketones is 1. The number of thioether (sulfide) groups is 1. The van der Waals surface area contributed by atoms with Crippen LogP contribution >= 0.6 is 11.8 Å². The molecule has 5 rings (SSSR count). The highest BCUT2D eigenvalue weighted by Crippen LogP contribution is 2.36. The average Bonchev–Trinajstić information content (AvgIpc) is 3.51. The average molecular weight is 452 g/mol. The van der Waals surface area contributed by atoms with Gasteiger partial charge in [-0.25, -0.2) is 0 Å². The number of benzene rings is 1. The second-order valence-corrected chi connectivity index (χ2v) is 8.32. The Labute approximate surface area is 187 Å². The van der Waals surface area contributed by atoms with E-state index in [1.807, 2.05) is 61.7 Å². The molecule has 1 aromatic carbocycles. The van der Waals surface area contributed by atoms with Crippen LogP contribution in [0.4, 0.5) is 0 Å². The van der Waals surface area contributed by atoms with Gasteiger partial charge in [0, 0.05) is 23.0 Å². The normalized spacial score (nSPS) is 15.2. The first kappa shape index (κ1) is 20.4. The molecule has 0 spiro atoms. The monoisotopic (exact) mass is 452 g/mol. The third-order valence-electron chi connectivity index (χ3n) is 5.11. The zero-order chi connectivity index (χ0) is 22.2. The van der Waals surface area contributed by atoms with Crippen molar-refractivity contribution in [3.8, 4) is 17.3 Å². The number of hydrogen-bond donors (Lipinski definition) is 0. The molecule has 10 heteroatoms. The molecule has 4 aromatic rings. The fourth-order valence-electron chi connectivity index (χ4n) is 3.61. The van der Waals surface area contributed by atoms with E-state index >= 15 is 0 Å². The van der Waals surface area contributed by atoms with Crippen molar-refractivity contribution in [2.45, 2.75) is 32.1 Å². The van der Waals surface area contributed by atoms with Gasteiger partial charge in [0.2, 0.25) is 6.10 Å². The summed E-state index contributed by atoms with van der Waals surface area (Å²) in [6.07, 6.45) is -0.493. The van der Waals surface area contributed by atoms with Crippen molar-refractivity contribution in [3.05, 3.63) is 65.0 Å². The van der Waals surface area contributed by atoms with Crippen LogP contribution in [0.3, 0.4) is 0 Å². The number of carbonyl (C=O) groups excluding carboxylic acids is 1. The van der Waals surface area contributed by atoms with Crippen LogP contribution in [0.2, 0.25) is 0 Å². The van der Waals surface area contributed by atoms with Crippen molar-refractivity contribution in [1.82, 2.24) is 19.9 Å². The van der Waals surface area contributed by atoms with Crippen LogP contribution < -0.4 is 9.47 Å². The van der Waals surface area contributed by atoms with E-state index in [1.165, 1.54) is 11.8 Å². The summed E-state index contributed by atoms with van der Waals surface area (Å²) >= 11 is 1.19. The number of hydrogen-bond acceptors (Lipinski definition) is 9. The smallest absolute Gasteiger partial charge is 0.277 e. The SMILES string of the molecule is Cc1cc(-n2c(C)cc(C(=O)CSc3nnc([C@@H]4COc5ccccc5O4)o3)c2C)no1. The molecule has 32 heavy (non-hydrogen) atoms. The highest BCUT2D eigenvalue weighted by Gasteiger charge is 2.27. The highest BCUT2D eigenvalue weighted by molar-refractivity contribution is 7.99. The van der Waals surface area contributed by atoms with E-state index in [9.17, 15) is 4.79 Å². The van der Waals surface area contributed by atoms with Crippen LogP contribution in [0.1, 0.15) is 39.5 Å². The van der Waals surface area contributed by atoms with Crippen molar-refractivity contribution >= 4 is 17.5 Å². The van der Waals surface area contributed by atoms with Crippen LogP contribution in [0.25, 0.3) is 5.82 Å². The van der Waals surface area contributed by atoms with Crippen molar-refractivity contribution in [1.29, 1.82) is 0 Å². The zero-order valence-electron chi connectivity index (χ0n) is 17.7. The zero-order valence-corrected chi connectivity index (χ0v) is 18.5. The Morgan fingerprint density at radius 2 is 1.97 bits per heavy atom. The molecule has 3 aromatic heterocycles. The van der Waals surface area contributed by atoms with E-state index in [1.54, 1.807) is 0 Å². The van der Waals surface area contributed by atoms with E-state index in [-0.39, 0.29) is 18.1 Å². The maximum Gasteiger partial charge on any atom is 0.277 e. The van der Waals surface area contributed by atoms with Crippen LogP contribution in [0, 0.1) is 20.8 Å². The molecule has 0 amide bonds. The summed E-state index contributed by atoms with van der Waals surface area (Å²) in [4.78, 5) is 12.9. The maximum absolute atomic E-state index is 12.9. The Bertz CT molecular complexity index is 1290. The summed E-state index contributed by atoms with van der Waals surface area (Å²) in [5.41, 5.74) is 2.33. The van der Waals surface area contributed by atoms with Gasteiger partial charge in [-0.15, -0.1) is 10.2 Å². The van der Waals surface area contributed by atoms with Gasteiger partial charge in [0.05, 0.1) is 5.75 Å². The number of para-hydroxylation sites is 2. The molecular formula is C22H20N4O5S. The van der Waals surface area contributed by atoms with Crippen LogP contribution in [0.15, 0.2) is 50.6 Å². The predicted octanol–water partition coefficient (Wildman–Crippen LogP) is 4.26. The summed E-state index contributed by atoms with van der Waals surface area (Å²) in [5.74, 6) is 3.11. The molecular weight excluding hydrogens is 432 g/mol. The molecule has 0 fully saturated rings. The van der Waals surface area contributed by atoms with E-state index < -0.39 is 6.10 Å². The largest absolute Gasteiger partial charge is 0.485 e. The fourth-order valence-corrected chi connectivity index (χ4v) is 4.26. The molecule has 1 aliphatic rings. The van der Waals surface area contributed by atoms with E-state index in [0.29, 0.717) is 39.8 Å². The summed E-state index contributed by atoms with van der Waals surface area (Å²) < 4.78 is 24.4. The minimum Gasteiger partial charge on any atom is -0.485 e. The Kier molecular flexibility index (Phi) is 5.22. The summed E-state index contributed by atoms with van der Waals surface area (Å²) in [5, 5.41) is 12.5. The van der Waals surface area contributed by atoms with Crippen molar-refractivity contribution in [2.75, 3.05) is 12.4 Å². The molecule has 0 radical (unpaired) electrons. The minimum atomic E-state index is -0.493.